The van der Waals surface area contributed by atoms with Crippen molar-refractivity contribution in [1.29, 1.82) is 0 Å². The molecule has 0 bridgehead atoms. The lowest BCUT2D eigenvalue weighted by Gasteiger charge is -2.25. The zero-order valence-corrected chi connectivity index (χ0v) is 14.8. The molecule has 1 heterocycles. The van der Waals surface area contributed by atoms with Crippen LogP contribution in [0.3, 0.4) is 0 Å². The first kappa shape index (κ1) is 18.4. The van der Waals surface area contributed by atoms with E-state index in [1.807, 2.05) is 38.1 Å². The smallest absolute Gasteiger partial charge is 0.355 e. The molecule has 3 nitrogen and oxygen atoms in total. The van der Waals surface area contributed by atoms with Gasteiger partial charge in [0.25, 0.3) is 0 Å². The van der Waals surface area contributed by atoms with Gasteiger partial charge in [-0.3, -0.25) is 0 Å². The zero-order valence-electron chi connectivity index (χ0n) is 13.2. The molecule has 2 rings (SSSR count). The molecule has 1 aromatic carbocycles. The van der Waals surface area contributed by atoms with Crippen molar-refractivity contribution in [2.45, 2.75) is 39.5 Å². The van der Waals surface area contributed by atoms with Crippen LogP contribution in [0.2, 0.25) is 0 Å². The molecule has 1 aromatic heterocycles. The van der Waals surface area contributed by atoms with Crippen molar-refractivity contribution in [3.8, 4) is 0 Å². The van der Waals surface area contributed by atoms with E-state index in [1.165, 1.54) is 6.42 Å². The van der Waals surface area contributed by atoms with Crippen LogP contribution in [-0.2, 0) is 10.4 Å². The second-order valence-electron chi connectivity index (χ2n) is 5.48. The van der Waals surface area contributed by atoms with Crippen LogP contribution >= 0.6 is 15.9 Å². The maximum Gasteiger partial charge on any atom is 0.395 e. The molecule has 5 heteroatoms. The molecular weight excluding hydrogens is 349 g/mol. The third-order valence-electron chi connectivity index (χ3n) is 3.24. The van der Waals surface area contributed by atoms with E-state index in [1.54, 1.807) is 12.3 Å². The lowest BCUT2D eigenvalue weighted by molar-refractivity contribution is -0.0792. The van der Waals surface area contributed by atoms with Gasteiger partial charge >= 0.3 is 5.97 Å². The Balaban J connectivity index is 0.000000745. The average Bonchev–Trinajstić information content (AvgIpc) is 2.98. The van der Waals surface area contributed by atoms with E-state index >= 15 is 0 Å². The first-order valence-corrected chi connectivity index (χ1v) is 7.94. The molecule has 0 saturated carbocycles. The van der Waals surface area contributed by atoms with E-state index in [9.17, 15) is 9.32 Å². The van der Waals surface area contributed by atoms with Crippen LogP contribution < -0.4 is 0 Å². The molecule has 120 valence electrons. The summed E-state index contributed by atoms with van der Waals surface area (Å²) >= 11 is 3.52. The molecular formula is C17H21BrFNO2. The fourth-order valence-electron chi connectivity index (χ4n) is 2.04. The topological polar surface area (TPSA) is 42.1 Å². The molecule has 0 aliphatic heterocycles. The van der Waals surface area contributed by atoms with Crippen LogP contribution in [0.25, 0.3) is 0 Å². The number of carbonyl (C=O) groups is 1. The van der Waals surface area contributed by atoms with Crippen molar-refractivity contribution < 1.29 is 14.3 Å². The highest BCUT2D eigenvalue weighted by atomic mass is 79.9. The van der Waals surface area contributed by atoms with Gasteiger partial charge in [0.15, 0.2) is 0 Å². The lowest BCUT2D eigenvalue weighted by Crippen LogP contribution is -2.18. The summed E-state index contributed by atoms with van der Waals surface area (Å²) < 4.78 is 12.9. The minimum Gasteiger partial charge on any atom is -0.355 e. The minimum atomic E-state index is -1.02. The number of H-pyrrole nitrogens is 1. The van der Waals surface area contributed by atoms with Crippen LogP contribution in [0, 0.1) is 0 Å². The molecule has 1 N–H and O–H groups in total. The Bertz CT molecular complexity index is 623. The molecule has 0 unspecified atom stereocenters. The van der Waals surface area contributed by atoms with Crippen molar-refractivity contribution in [1.82, 2.24) is 4.98 Å². The number of halogens is 2. The molecule has 0 aliphatic carbocycles. The molecule has 2 aromatic rings. The Hall–Kier alpha value is -1.62. The number of nitrogens with one attached hydrogen (secondary N) is 1. The average molecular weight is 370 g/mol. The Morgan fingerprint density at radius 3 is 2.45 bits per heavy atom. The summed E-state index contributed by atoms with van der Waals surface area (Å²) in [4.78, 5) is 17.1. The Kier molecular flexibility index (Phi) is 6.81. The summed E-state index contributed by atoms with van der Waals surface area (Å²) in [5.74, 6) is -1.02. The van der Waals surface area contributed by atoms with Gasteiger partial charge < -0.3 is 4.98 Å². The normalized spacial score (nSPS) is 10.6. The van der Waals surface area contributed by atoms with E-state index in [4.69, 9.17) is 0 Å². The molecule has 0 atom stereocenters. The van der Waals surface area contributed by atoms with Crippen molar-refractivity contribution in [2.24, 2.45) is 0 Å². The molecule has 0 amide bonds. The van der Waals surface area contributed by atoms with Crippen molar-refractivity contribution in [3.63, 3.8) is 0 Å². The highest BCUT2D eigenvalue weighted by molar-refractivity contribution is 9.10. The summed E-state index contributed by atoms with van der Waals surface area (Å²) in [6.07, 6.45) is 2.94. The largest absolute Gasteiger partial charge is 0.395 e. The van der Waals surface area contributed by atoms with Crippen molar-refractivity contribution >= 4 is 21.9 Å². The number of rotatable bonds is 3. The molecule has 0 fully saturated rings. The van der Waals surface area contributed by atoms with Crippen LogP contribution in [0.4, 0.5) is 4.53 Å². The quantitative estimate of drug-likeness (QED) is 0.769. The van der Waals surface area contributed by atoms with Gasteiger partial charge in [0, 0.05) is 20.6 Å². The Morgan fingerprint density at radius 1 is 1.32 bits per heavy atom. The van der Waals surface area contributed by atoms with Crippen molar-refractivity contribution in [3.05, 3.63) is 57.8 Å². The van der Waals surface area contributed by atoms with E-state index in [2.05, 4.69) is 39.7 Å². The number of hydrogen-bond acceptors (Lipinski definition) is 2. The molecule has 0 saturated heterocycles. The highest BCUT2D eigenvalue weighted by Gasteiger charge is 2.27. The monoisotopic (exact) mass is 369 g/mol. The third-order valence-corrected chi connectivity index (χ3v) is 3.93. The number of aromatic amines is 1. The summed E-state index contributed by atoms with van der Waals surface area (Å²) in [6, 6.07) is 9.45. The minimum absolute atomic E-state index is 0.0950. The van der Waals surface area contributed by atoms with Gasteiger partial charge in [0.2, 0.25) is 0 Å². The second-order valence-corrected chi connectivity index (χ2v) is 6.33. The van der Waals surface area contributed by atoms with Gasteiger partial charge in [0.1, 0.15) is 5.69 Å². The number of hydrogen-bond donors (Lipinski definition) is 1. The van der Waals surface area contributed by atoms with Crippen LogP contribution in [0.15, 0.2) is 41.0 Å². The molecule has 22 heavy (non-hydrogen) atoms. The lowest BCUT2D eigenvalue weighted by atomic mass is 9.79. The van der Waals surface area contributed by atoms with Gasteiger partial charge in [-0.1, -0.05) is 68.2 Å². The maximum atomic E-state index is 11.9. The van der Waals surface area contributed by atoms with Crippen LogP contribution in [-0.4, -0.2) is 11.0 Å². The fourth-order valence-corrected chi connectivity index (χ4v) is 2.82. The summed E-state index contributed by atoms with van der Waals surface area (Å²) in [7, 11) is 0. The Labute approximate surface area is 138 Å². The van der Waals surface area contributed by atoms with Gasteiger partial charge in [0.05, 0.1) is 0 Å². The standard InChI is InChI=1S/C14H13BrFNO2.C3H8/c1-14(2,10-5-3-4-6-11(10)15)9-7-12(17-8-9)13(18)19-16;1-3-2/h3-8,17H,1-2H3;3H2,1-2H3. The zero-order chi connectivity index (χ0) is 16.8. The van der Waals surface area contributed by atoms with E-state index in [-0.39, 0.29) is 11.1 Å². The molecule has 0 aliphatic rings. The predicted octanol–water partition coefficient (Wildman–Crippen LogP) is 5.56. The van der Waals surface area contributed by atoms with Crippen LogP contribution in [0.5, 0.6) is 0 Å². The molecule has 0 spiro atoms. The fraction of sp³-hybridized carbons (Fsp3) is 0.353. The second kappa shape index (κ2) is 8.13. The van der Waals surface area contributed by atoms with Gasteiger partial charge in [-0.2, -0.15) is 0 Å². The first-order chi connectivity index (χ1) is 10.4. The first-order valence-electron chi connectivity index (χ1n) is 7.15. The highest BCUT2D eigenvalue weighted by Crippen LogP contribution is 2.36. The van der Waals surface area contributed by atoms with E-state index in [0.717, 1.165) is 15.6 Å². The number of aromatic nitrogens is 1. The van der Waals surface area contributed by atoms with Gasteiger partial charge in [-0.15, -0.1) is 0 Å². The van der Waals surface area contributed by atoms with E-state index < -0.39 is 5.97 Å². The Morgan fingerprint density at radius 2 is 1.91 bits per heavy atom. The maximum absolute atomic E-state index is 11.9. The summed E-state index contributed by atoms with van der Waals surface area (Å²) in [5.41, 5.74) is 1.72. The predicted molar refractivity (Wildman–Crippen MR) is 89.6 cm³/mol. The van der Waals surface area contributed by atoms with Gasteiger partial charge in [-0.05, 0) is 23.3 Å². The van der Waals surface area contributed by atoms with E-state index in [0.29, 0.717) is 0 Å². The summed E-state index contributed by atoms with van der Waals surface area (Å²) in [6.45, 7) is 8.31. The van der Waals surface area contributed by atoms with Gasteiger partial charge in [-0.25, -0.2) is 9.74 Å². The number of carbonyl (C=O) groups excluding carboxylic acids is 1. The molecule has 0 radical (unpaired) electrons. The third kappa shape index (κ3) is 4.19. The summed E-state index contributed by atoms with van der Waals surface area (Å²) in [5, 5.41) is 0. The van der Waals surface area contributed by atoms with Crippen molar-refractivity contribution in [2.75, 3.05) is 0 Å². The number of benzene rings is 1. The van der Waals surface area contributed by atoms with Crippen LogP contribution in [0.1, 0.15) is 55.7 Å². The SMILES string of the molecule is CC(C)(c1c[nH]c(C(=O)OF)c1)c1ccccc1Br.CCC.